The first-order valence-corrected chi connectivity index (χ1v) is 12.0. The van der Waals surface area contributed by atoms with E-state index in [4.69, 9.17) is 9.79 Å². The average Bonchev–Trinajstić information content (AvgIpc) is 2.59. The van der Waals surface area contributed by atoms with Gasteiger partial charge in [0.2, 0.25) is 0 Å². The van der Waals surface area contributed by atoms with E-state index in [9.17, 15) is 19.9 Å². The van der Waals surface area contributed by atoms with Crippen molar-refractivity contribution in [1.82, 2.24) is 0 Å². The number of phosphoric acid groups is 1. The van der Waals surface area contributed by atoms with Gasteiger partial charge in [-0.1, -0.05) is 90.9 Å². The van der Waals surface area contributed by atoms with Crippen molar-refractivity contribution in [2.75, 3.05) is 0 Å². The van der Waals surface area contributed by atoms with Crippen LogP contribution in [0, 0.1) is 5.92 Å². The Hall–Kier alpha value is -0.0100. The van der Waals surface area contributed by atoms with Crippen LogP contribution in [-0.2, 0) is 9.09 Å². The van der Waals surface area contributed by atoms with Gasteiger partial charge in [-0.05, 0) is 12.3 Å². The van der Waals surface area contributed by atoms with Crippen LogP contribution in [0.25, 0.3) is 0 Å². The van der Waals surface area contributed by atoms with E-state index >= 15 is 0 Å². The van der Waals surface area contributed by atoms with Crippen LogP contribution in [0.3, 0.4) is 0 Å². The van der Waals surface area contributed by atoms with Crippen molar-refractivity contribution in [2.45, 2.75) is 116 Å². The van der Waals surface area contributed by atoms with Crippen molar-refractivity contribution in [3.05, 3.63) is 0 Å². The van der Waals surface area contributed by atoms with E-state index in [2.05, 4.69) is 18.4 Å². The molecule has 0 heterocycles. The molecule has 0 aliphatic heterocycles. The highest BCUT2D eigenvalue weighted by Crippen LogP contribution is 2.38. The number of rotatable bonds is 18. The Morgan fingerprint density at radius 2 is 1.22 bits per heavy atom. The summed E-state index contributed by atoms with van der Waals surface area (Å²) in [4.78, 5) is 17.4. The first-order chi connectivity index (χ1) is 12.7. The van der Waals surface area contributed by atoms with Crippen molar-refractivity contribution >= 4 is 7.82 Å². The monoisotopic (exact) mass is 412 g/mol. The van der Waals surface area contributed by atoms with Crippen molar-refractivity contribution in [3.8, 4) is 0 Å². The summed E-state index contributed by atoms with van der Waals surface area (Å²) >= 11 is 0. The van der Waals surface area contributed by atoms with Gasteiger partial charge < -0.3 is 25.1 Å². The maximum atomic E-state index is 10.8. The van der Waals surface area contributed by atoms with Crippen LogP contribution >= 0.6 is 7.82 Å². The molecule has 0 saturated carbocycles. The van der Waals surface area contributed by atoms with E-state index in [1.54, 1.807) is 0 Å². The number of hydrogen-bond acceptors (Lipinski definition) is 5. The Labute approximate surface area is 164 Å². The Morgan fingerprint density at radius 3 is 1.70 bits per heavy atom. The largest absolute Gasteiger partial charge is 0.472 e. The van der Waals surface area contributed by atoms with Crippen molar-refractivity contribution in [3.63, 3.8) is 0 Å². The van der Waals surface area contributed by atoms with Crippen molar-refractivity contribution in [1.29, 1.82) is 0 Å². The molecular weight excluding hydrogens is 371 g/mol. The van der Waals surface area contributed by atoms with Crippen LogP contribution in [0.5, 0.6) is 0 Å². The summed E-state index contributed by atoms with van der Waals surface area (Å²) in [6, 6.07) is 0. The number of aliphatic hydroxyl groups is 3. The molecule has 0 rings (SSSR count). The number of unbranched alkanes of at least 4 members (excludes halogenated alkanes) is 8. The molecule has 0 spiro atoms. The molecule has 0 aromatic rings. The zero-order valence-corrected chi connectivity index (χ0v) is 17.9. The lowest BCUT2D eigenvalue weighted by molar-refractivity contribution is -0.153. The fourth-order valence-electron chi connectivity index (χ4n) is 3.33. The minimum absolute atomic E-state index is 0.208. The molecule has 5 N–H and O–H groups in total. The Balaban J connectivity index is 4.44. The molecule has 4 atom stereocenters. The maximum absolute atomic E-state index is 10.8. The summed E-state index contributed by atoms with van der Waals surface area (Å²) < 4.78 is 14.8. The van der Waals surface area contributed by atoms with E-state index in [-0.39, 0.29) is 12.3 Å². The second-order valence-electron chi connectivity index (χ2n) is 7.55. The molecule has 0 radical (unpaired) electrons. The normalized spacial score (nSPS) is 16.9. The minimum Gasteiger partial charge on any atom is -0.390 e. The first-order valence-electron chi connectivity index (χ1n) is 10.5. The second kappa shape index (κ2) is 15.9. The van der Waals surface area contributed by atoms with E-state index in [1.165, 1.54) is 32.1 Å². The van der Waals surface area contributed by atoms with Crippen LogP contribution in [0.1, 0.15) is 97.3 Å². The fourth-order valence-corrected chi connectivity index (χ4v) is 3.73. The molecule has 0 amide bonds. The lowest BCUT2D eigenvalue weighted by atomic mass is 9.88. The molecule has 27 heavy (non-hydrogen) atoms. The van der Waals surface area contributed by atoms with Gasteiger partial charge in [0.25, 0.3) is 0 Å². The number of phosphoric ester groups is 1. The quantitative estimate of drug-likeness (QED) is 0.131. The van der Waals surface area contributed by atoms with Gasteiger partial charge in [-0.2, -0.15) is 0 Å². The third-order valence-corrected chi connectivity index (χ3v) is 5.43. The van der Waals surface area contributed by atoms with Gasteiger partial charge in [0.1, 0.15) is 6.10 Å². The van der Waals surface area contributed by atoms with Crippen LogP contribution in [0.4, 0.5) is 0 Å². The van der Waals surface area contributed by atoms with E-state index in [1.807, 2.05) is 0 Å². The molecule has 0 bridgehead atoms. The summed E-state index contributed by atoms with van der Waals surface area (Å²) in [6.45, 7) is 4.33. The van der Waals surface area contributed by atoms with Gasteiger partial charge in [0.05, 0.1) is 6.10 Å². The summed E-state index contributed by atoms with van der Waals surface area (Å²) in [5.74, 6) is 0.208. The molecule has 164 valence electrons. The maximum Gasteiger partial charge on any atom is 0.472 e. The molecule has 0 aromatic heterocycles. The van der Waals surface area contributed by atoms with Gasteiger partial charge >= 0.3 is 7.82 Å². The second-order valence-corrected chi connectivity index (χ2v) is 8.74. The highest BCUT2D eigenvalue weighted by atomic mass is 31.2. The molecule has 0 aliphatic carbocycles. The third kappa shape index (κ3) is 15.6. The topological polar surface area (TPSA) is 127 Å². The van der Waals surface area contributed by atoms with Gasteiger partial charge in [-0.15, -0.1) is 0 Å². The van der Waals surface area contributed by atoms with Crippen molar-refractivity contribution in [2.24, 2.45) is 5.92 Å². The van der Waals surface area contributed by atoms with Crippen LogP contribution in [0.15, 0.2) is 0 Å². The number of hydrogen-bond donors (Lipinski definition) is 5. The zero-order chi connectivity index (χ0) is 20.7. The molecule has 0 aliphatic rings. The van der Waals surface area contributed by atoms with Crippen LogP contribution in [0.2, 0.25) is 0 Å². The average molecular weight is 413 g/mol. The van der Waals surface area contributed by atoms with E-state index in [0.29, 0.717) is 0 Å². The molecule has 0 fully saturated rings. The first kappa shape index (κ1) is 27.0. The van der Waals surface area contributed by atoms with Crippen LogP contribution in [-0.4, -0.2) is 43.6 Å². The van der Waals surface area contributed by atoms with Gasteiger partial charge in [-0.25, -0.2) is 4.57 Å². The summed E-state index contributed by atoms with van der Waals surface area (Å²) in [7, 11) is -4.93. The molecular formula is C19H41O7P. The van der Waals surface area contributed by atoms with Gasteiger partial charge in [0.15, 0.2) is 6.29 Å². The number of aliphatic hydroxyl groups excluding tert-OH is 3. The highest BCUT2D eigenvalue weighted by molar-refractivity contribution is 7.46. The van der Waals surface area contributed by atoms with Gasteiger partial charge in [-0.3, -0.25) is 4.52 Å². The molecule has 8 heteroatoms. The summed E-state index contributed by atoms with van der Waals surface area (Å²) in [5.41, 5.74) is 0. The van der Waals surface area contributed by atoms with E-state index < -0.39 is 26.3 Å². The van der Waals surface area contributed by atoms with Crippen LogP contribution < -0.4 is 0 Å². The predicted octanol–water partition coefficient (Wildman–Crippen LogP) is 3.86. The molecule has 0 saturated heterocycles. The molecule has 0 aromatic carbocycles. The highest BCUT2D eigenvalue weighted by Gasteiger charge is 2.32. The Morgan fingerprint density at radius 1 is 0.778 bits per heavy atom. The Bertz CT molecular complexity index is 388. The fraction of sp³-hybridized carbons (Fsp3) is 1.00. The lowest BCUT2D eigenvalue weighted by Crippen LogP contribution is -2.39. The Kier molecular flexibility index (Phi) is 15.9. The summed E-state index contributed by atoms with van der Waals surface area (Å²) in [5, 5.41) is 29.7. The standard InChI is InChI=1S/C19H41O7P/c1-3-5-7-9-10-12-14-16(13-11-8-6-4-2)15-17(20)18(21)19(22)26-27(23,24)25/h16-22H,3-15H2,1-2H3,(H2,23,24,25). The minimum atomic E-state index is -4.93. The summed E-state index contributed by atoms with van der Waals surface area (Å²) in [6.07, 6.45) is 8.63. The molecule has 4 unspecified atom stereocenters. The van der Waals surface area contributed by atoms with Gasteiger partial charge in [0, 0.05) is 0 Å². The predicted molar refractivity (Wildman–Crippen MR) is 106 cm³/mol. The third-order valence-electron chi connectivity index (χ3n) is 4.94. The van der Waals surface area contributed by atoms with E-state index in [0.717, 1.165) is 44.9 Å². The SMILES string of the molecule is CCCCCCCCC(CCCCCC)CC(O)C(O)C(O)OP(=O)(O)O. The van der Waals surface area contributed by atoms with Crippen molar-refractivity contribution < 1.29 is 34.2 Å². The zero-order valence-electron chi connectivity index (χ0n) is 17.0. The smallest absolute Gasteiger partial charge is 0.390 e. The molecule has 7 nitrogen and oxygen atoms in total. The lowest BCUT2D eigenvalue weighted by Gasteiger charge is -2.26.